The molecule has 7 heteroatoms. The van der Waals surface area contributed by atoms with Gasteiger partial charge in [0.25, 0.3) is 0 Å². The summed E-state index contributed by atoms with van der Waals surface area (Å²) in [7, 11) is 0. The maximum Gasteiger partial charge on any atom is 0.168 e. The lowest BCUT2D eigenvalue weighted by Gasteiger charge is -2.37. The number of benzene rings is 1. The first-order valence-corrected chi connectivity index (χ1v) is 4.91. The van der Waals surface area contributed by atoms with Gasteiger partial charge in [-0.05, 0) is 19.9 Å². The molecule has 0 spiro atoms. The molecule has 17 heavy (non-hydrogen) atoms. The Morgan fingerprint density at radius 2 is 2.12 bits per heavy atom. The Morgan fingerprint density at radius 1 is 1.47 bits per heavy atom. The summed E-state index contributed by atoms with van der Waals surface area (Å²) in [5.74, 6) is -0.391. The molecule has 0 fully saturated rings. The van der Waals surface area contributed by atoms with Crippen LogP contribution in [0.5, 0.6) is 5.75 Å². The molecular formula is C10H12FN5O. The summed E-state index contributed by atoms with van der Waals surface area (Å²) in [5.41, 5.74) is 11.8. The van der Waals surface area contributed by atoms with Crippen molar-refractivity contribution in [2.75, 3.05) is 10.7 Å². The lowest BCUT2D eigenvalue weighted by atomic mass is 10.0. The van der Waals surface area contributed by atoms with Crippen molar-refractivity contribution in [1.82, 2.24) is 0 Å². The van der Waals surface area contributed by atoms with Gasteiger partial charge in [-0.1, -0.05) is 5.22 Å². The predicted octanol–water partition coefficient (Wildman–Crippen LogP) is 2.31. The van der Waals surface area contributed by atoms with E-state index in [2.05, 4.69) is 5.22 Å². The zero-order valence-corrected chi connectivity index (χ0v) is 9.41. The molecule has 6 nitrogen and oxygen atoms in total. The lowest BCUT2D eigenvalue weighted by Crippen LogP contribution is -2.49. The van der Waals surface area contributed by atoms with Crippen LogP contribution in [-0.2, 0) is 0 Å². The average molecular weight is 237 g/mol. The number of halogens is 1. The molecule has 1 aliphatic rings. The first-order valence-electron chi connectivity index (χ1n) is 4.91. The zero-order valence-electron chi connectivity index (χ0n) is 9.41. The van der Waals surface area contributed by atoms with Gasteiger partial charge in [0, 0.05) is 6.07 Å². The molecule has 0 radical (unpaired) electrons. The number of ether oxygens (including phenoxy) is 1. The van der Waals surface area contributed by atoms with E-state index in [1.807, 2.05) is 0 Å². The highest BCUT2D eigenvalue weighted by atomic mass is 19.1. The van der Waals surface area contributed by atoms with Crippen LogP contribution in [0.2, 0.25) is 0 Å². The SMILES string of the molecule is CC1(C)Oc2cc(F)c(N)cc2N(N=N)C1=N. The Kier molecular flexibility index (Phi) is 2.27. The van der Waals surface area contributed by atoms with Gasteiger partial charge in [0.1, 0.15) is 17.3 Å². The molecule has 0 saturated carbocycles. The summed E-state index contributed by atoms with van der Waals surface area (Å²) in [6.45, 7) is 3.29. The minimum atomic E-state index is -0.972. The molecule has 0 aromatic heterocycles. The molecule has 1 heterocycles. The molecule has 0 aliphatic carbocycles. The van der Waals surface area contributed by atoms with Crippen LogP contribution in [0.25, 0.3) is 0 Å². The fraction of sp³-hybridized carbons (Fsp3) is 0.300. The minimum Gasteiger partial charge on any atom is -0.478 e. The van der Waals surface area contributed by atoms with Crippen LogP contribution in [0, 0.1) is 16.8 Å². The first kappa shape index (κ1) is 11.3. The third-order valence-corrected chi connectivity index (χ3v) is 2.55. The second-order valence-corrected chi connectivity index (χ2v) is 4.21. The molecule has 1 aromatic rings. The van der Waals surface area contributed by atoms with Gasteiger partial charge in [-0.2, -0.15) is 10.5 Å². The Balaban J connectivity index is 2.64. The molecule has 0 saturated heterocycles. The van der Waals surface area contributed by atoms with Crippen molar-refractivity contribution >= 4 is 17.2 Å². The van der Waals surface area contributed by atoms with E-state index in [0.29, 0.717) is 5.69 Å². The number of hydrogen-bond donors (Lipinski definition) is 3. The number of fused-ring (bicyclic) bond motifs is 1. The Labute approximate surface area is 97.2 Å². The molecule has 90 valence electrons. The maximum absolute atomic E-state index is 13.3. The monoisotopic (exact) mass is 237 g/mol. The molecule has 1 aromatic carbocycles. The van der Waals surface area contributed by atoms with Crippen molar-refractivity contribution < 1.29 is 9.13 Å². The van der Waals surface area contributed by atoms with Crippen LogP contribution in [-0.4, -0.2) is 11.4 Å². The predicted molar refractivity (Wildman–Crippen MR) is 60.9 cm³/mol. The number of nitrogens with two attached hydrogens (primary N) is 1. The topological polar surface area (TPSA) is 98.6 Å². The van der Waals surface area contributed by atoms with Gasteiger partial charge in [0.05, 0.1) is 5.69 Å². The van der Waals surface area contributed by atoms with Gasteiger partial charge in [0.2, 0.25) is 0 Å². The van der Waals surface area contributed by atoms with Crippen molar-refractivity contribution in [1.29, 1.82) is 10.9 Å². The van der Waals surface area contributed by atoms with Gasteiger partial charge in [-0.3, -0.25) is 5.41 Å². The summed E-state index contributed by atoms with van der Waals surface area (Å²) in [6.07, 6.45) is 0. The van der Waals surface area contributed by atoms with Crippen molar-refractivity contribution in [3.05, 3.63) is 17.9 Å². The quantitative estimate of drug-likeness (QED) is 0.516. The van der Waals surface area contributed by atoms with Crippen molar-refractivity contribution in [2.45, 2.75) is 19.4 Å². The molecule has 0 atom stereocenters. The van der Waals surface area contributed by atoms with E-state index >= 15 is 0 Å². The Morgan fingerprint density at radius 3 is 2.71 bits per heavy atom. The molecule has 0 bridgehead atoms. The molecule has 2 rings (SSSR count). The van der Waals surface area contributed by atoms with Crippen LogP contribution in [0.15, 0.2) is 17.4 Å². The summed E-state index contributed by atoms with van der Waals surface area (Å²) in [5, 5.41) is 12.2. The number of nitrogen functional groups attached to an aromatic ring is 1. The lowest BCUT2D eigenvalue weighted by molar-refractivity contribution is 0.172. The maximum atomic E-state index is 13.3. The highest BCUT2D eigenvalue weighted by Crippen LogP contribution is 2.40. The van der Waals surface area contributed by atoms with Crippen molar-refractivity contribution in [2.24, 2.45) is 5.22 Å². The fourth-order valence-corrected chi connectivity index (χ4v) is 1.61. The summed E-state index contributed by atoms with van der Waals surface area (Å²) in [6, 6.07) is 2.43. The van der Waals surface area contributed by atoms with E-state index in [4.69, 9.17) is 21.4 Å². The van der Waals surface area contributed by atoms with E-state index in [0.717, 1.165) is 11.1 Å². The minimum absolute atomic E-state index is 0.00833. The van der Waals surface area contributed by atoms with Gasteiger partial charge >= 0.3 is 0 Å². The molecule has 1 aliphatic heterocycles. The number of nitrogens with zero attached hydrogens (tertiary/aromatic N) is 2. The largest absolute Gasteiger partial charge is 0.478 e. The van der Waals surface area contributed by atoms with Crippen LogP contribution in [0.3, 0.4) is 0 Å². The molecule has 0 unspecified atom stereocenters. The third kappa shape index (κ3) is 1.59. The fourth-order valence-electron chi connectivity index (χ4n) is 1.61. The van der Waals surface area contributed by atoms with Gasteiger partial charge in [0.15, 0.2) is 11.4 Å². The summed E-state index contributed by atoms with van der Waals surface area (Å²) < 4.78 is 18.8. The zero-order chi connectivity index (χ0) is 12.8. The summed E-state index contributed by atoms with van der Waals surface area (Å²) in [4.78, 5) is 0. The second-order valence-electron chi connectivity index (χ2n) is 4.21. The van der Waals surface area contributed by atoms with Crippen molar-refractivity contribution in [3.8, 4) is 5.75 Å². The average Bonchev–Trinajstić information content (AvgIpc) is 2.23. The van der Waals surface area contributed by atoms with E-state index in [1.54, 1.807) is 13.8 Å². The Bertz CT molecular complexity index is 514. The Hall–Kier alpha value is -2.18. The van der Waals surface area contributed by atoms with E-state index in [1.165, 1.54) is 6.07 Å². The summed E-state index contributed by atoms with van der Waals surface area (Å²) >= 11 is 0. The number of rotatable bonds is 1. The van der Waals surface area contributed by atoms with Crippen LogP contribution in [0.4, 0.5) is 15.8 Å². The first-order chi connectivity index (χ1) is 7.86. The number of anilines is 2. The molecule has 0 amide bonds. The number of hydrogen-bond acceptors (Lipinski definition) is 5. The number of amidine groups is 1. The van der Waals surface area contributed by atoms with Gasteiger partial charge in [-0.15, -0.1) is 0 Å². The van der Waals surface area contributed by atoms with Crippen LogP contribution in [0.1, 0.15) is 13.8 Å². The van der Waals surface area contributed by atoms with E-state index in [-0.39, 0.29) is 17.3 Å². The van der Waals surface area contributed by atoms with Crippen molar-refractivity contribution in [3.63, 3.8) is 0 Å². The highest BCUT2D eigenvalue weighted by Gasteiger charge is 2.38. The third-order valence-electron chi connectivity index (χ3n) is 2.55. The number of nitrogens with one attached hydrogen (secondary N) is 2. The van der Waals surface area contributed by atoms with Gasteiger partial charge in [-0.25, -0.2) is 4.39 Å². The van der Waals surface area contributed by atoms with Crippen LogP contribution >= 0.6 is 0 Å². The van der Waals surface area contributed by atoms with E-state index < -0.39 is 11.4 Å². The highest BCUT2D eigenvalue weighted by molar-refractivity contribution is 6.03. The van der Waals surface area contributed by atoms with Gasteiger partial charge < -0.3 is 10.5 Å². The second kappa shape index (κ2) is 3.41. The molecular weight excluding hydrogens is 225 g/mol. The molecule has 4 N–H and O–H groups in total. The standard InChI is InChI=1S/C10H12FN5O/c1-10(2)9(13)16(15-14)7-4-6(12)5(11)3-8(7)17-10/h3-4,13-14H,12H2,1-2H3. The smallest absolute Gasteiger partial charge is 0.168 e. The normalized spacial score (nSPS) is 17.4. The van der Waals surface area contributed by atoms with E-state index in [9.17, 15) is 4.39 Å². The van der Waals surface area contributed by atoms with Crippen LogP contribution < -0.4 is 15.5 Å².